The Morgan fingerprint density at radius 1 is 1.53 bits per heavy atom. The molecule has 0 saturated heterocycles. The molecule has 0 aromatic heterocycles. The molecule has 6 heteroatoms. The van der Waals surface area contributed by atoms with Crippen LogP contribution in [0.2, 0.25) is 0 Å². The van der Waals surface area contributed by atoms with Gasteiger partial charge in [0.05, 0.1) is 11.1 Å². The Labute approximate surface area is 120 Å². The molecule has 0 bridgehead atoms. The number of hydrogen-bond donors (Lipinski definition) is 3. The van der Waals surface area contributed by atoms with Gasteiger partial charge in [-0.25, -0.2) is 0 Å². The molecule has 0 radical (unpaired) electrons. The predicted octanol–water partition coefficient (Wildman–Crippen LogP) is 1.81. The van der Waals surface area contributed by atoms with E-state index >= 15 is 0 Å². The van der Waals surface area contributed by atoms with Crippen LogP contribution in [0, 0.1) is 0 Å². The molecule has 1 aromatic carbocycles. The molecule has 2 rings (SSSR count). The highest BCUT2D eigenvalue weighted by Crippen LogP contribution is 2.38. The van der Waals surface area contributed by atoms with E-state index in [9.17, 15) is 4.79 Å². The second-order valence-electron chi connectivity index (χ2n) is 4.32. The van der Waals surface area contributed by atoms with Gasteiger partial charge in [-0.1, -0.05) is 6.92 Å². The van der Waals surface area contributed by atoms with Crippen molar-refractivity contribution in [3.8, 4) is 5.75 Å². The maximum atomic E-state index is 11.9. The molecule has 0 aliphatic carbocycles. The van der Waals surface area contributed by atoms with Gasteiger partial charge in [0.2, 0.25) is 5.91 Å². The van der Waals surface area contributed by atoms with E-state index < -0.39 is 0 Å². The van der Waals surface area contributed by atoms with Gasteiger partial charge in [0, 0.05) is 17.3 Å². The number of aliphatic hydroxyl groups excluding tert-OH is 1. The number of carbonyl (C=O) groups excluding carboxylic acids is 1. The van der Waals surface area contributed by atoms with Crippen LogP contribution in [0.1, 0.15) is 24.9 Å². The molecule has 1 heterocycles. The van der Waals surface area contributed by atoms with Crippen molar-refractivity contribution in [3.05, 3.63) is 22.2 Å². The Morgan fingerprint density at radius 3 is 3.00 bits per heavy atom. The molecule has 1 unspecified atom stereocenters. The molecule has 0 spiro atoms. The molecule has 104 valence electrons. The number of carbonyl (C=O) groups is 1. The number of benzene rings is 1. The fourth-order valence-electron chi connectivity index (χ4n) is 2.02. The SMILES string of the molecule is CCCNC1C(=O)Nc2cc(OCCO)c(Br)cc21. The van der Waals surface area contributed by atoms with Gasteiger partial charge in [-0.2, -0.15) is 0 Å². The minimum atomic E-state index is -0.307. The second kappa shape index (κ2) is 6.36. The summed E-state index contributed by atoms with van der Waals surface area (Å²) < 4.78 is 6.17. The molecule has 1 aliphatic heterocycles. The van der Waals surface area contributed by atoms with Gasteiger partial charge in [-0.05, 0) is 35.0 Å². The van der Waals surface area contributed by atoms with Crippen molar-refractivity contribution in [2.75, 3.05) is 25.1 Å². The first-order chi connectivity index (χ1) is 9.17. The molecule has 5 nitrogen and oxygen atoms in total. The van der Waals surface area contributed by atoms with E-state index in [1.165, 1.54) is 0 Å². The Kier molecular flexibility index (Phi) is 4.79. The highest BCUT2D eigenvalue weighted by molar-refractivity contribution is 9.10. The minimum absolute atomic E-state index is 0.0451. The normalized spacial score (nSPS) is 17.2. The molecule has 1 aromatic rings. The number of aliphatic hydroxyl groups is 1. The lowest BCUT2D eigenvalue weighted by atomic mass is 10.1. The zero-order chi connectivity index (χ0) is 13.8. The van der Waals surface area contributed by atoms with Gasteiger partial charge < -0.3 is 20.5 Å². The van der Waals surface area contributed by atoms with E-state index in [1.54, 1.807) is 6.07 Å². The summed E-state index contributed by atoms with van der Waals surface area (Å²) in [6.07, 6.45) is 0.970. The molecule has 19 heavy (non-hydrogen) atoms. The third-order valence-electron chi connectivity index (χ3n) is 2.88. The van der Waals surface area contributed by atoms with Crippen molar-refractivity contribution >= 4 is 27.5 Å². The van der Waals surface area contributed by atoms with E-state index in [0.29, 0.717) is 5.75 Å². The Morgan fingerprint density at radius 2 is 2.32 bits per heavy atom. The molecule has 1 aliphatic rings. The van der Waals surface area contributed by atoms with Gasteiger partial charge >= 0.3 is 0 Å². The summed E-state index contributed by atoms with van der Waals surface area (Å²) in [4.78, 5) is 11.9. The third kappa shape index (κ3) is 3.08. The lowest BCUT2D eigenvalue weighted by Gasteiger charge is -2.12. The second-order valence-corrected chi connectivity index (χ2v) is 5.17. The van der Waals surface area contributed by atoms with E-state index in [4.69, 9.17) is 9.84 Å². The van der Waals surface area contributed by atoms with Gasteiger partial charge in [0.25, 0.3) is 0 Å². The molecule has 0 fully saturated rings. The number of ether oxygens (including phenoxy) is 1. The van der Waals surface area contributed by atoms with Crippen LogP contribution in [0.5, 0.6) is 5.75 Å². The average molecular weight is 329 g/mol. The van der Waals surface area contributed by atoms with Crippen molar-refractivity contribution < 1.29 is 14.6 Å². The molecular weight excluding hydrogens is 312 g/mol. The predicted molar refractivity (Wildman–Crippen MR) is 76.4 cm³/mol. The zero-order valence-electron chi connectivity index (χ0n) is 10.7. The number of halogens is 1. The fourth-order valence-corrected chi connectivity index (χ4v) is 2.50. The summed E-state index contributed by atoms with van der Waals surface area (Å²) in [5.74, 6) is 0.568. The van der Waals surface area contributed by atoms with Crippen molar-refractivity contribution in [1.29, 1.82) is 0 Å². The van der Waals surface area contributed by atoms with E-state index in [1.807, 2.05) is 6.07 Å². The van der Waals surface area contributed by atoms with E-state index in [-0.39, 0.29) is 25.2 Å². The van der Waals surface area contributed by atoms with E-state index in [2.05, 4.69) is 33.5 Å². The smallest absolute Gasteiger partial charge is 0.246 e. The first-order valence-corrected chi connectivity index (χ1v) is 7.08. The van der Waals surface area contributed by atoms with Crippen LogP contribution in [-0.4, -0.2) is 30.8 Å². The molecule has 0 saturated carbocycles. The standard InChI is InChI=1S/C13H17BrN2O3/c1-2-3-15-12-8-6-9(14)11(19-5-4-17)7-10(8)16-13(12)18/h6-7,12,15,17H,2-5H2,1H3,(H,16,18). The summed E-state index contributed by atoms with van der Waals surface area (Å²) >= 11 is 3.42. The van der Waals surface area contributed by atoms with Gasteiger partial charge in [0.1, 0.15) is 18.4 Å². The Hall–Kier alpha value is -1.11. The van der Waals surface area contributed by atoms with Crippen LogP contribution in [-0.2, 0) is 4.79 Å². The van der Waals surface area contributed by atoms with Crippen LogP contribution < -0.4 is 15.4 Å². The minimum Gasteiger partial charge on any atom is -0.490 e. The van der Waals surface area contributed by atoms with E-state index in [0.717, 1.165) is 28.7 Å². The first-order valence-electron chi connectivity index (χ1n) is 6.28. The summed E-state index contributed by atoms with van der Waals surface area (Å²) in [6.45, 7) is 3.03. The van der Waals surface area contributed by atoms with Crippen LogP contribution in [0.15, 0.2) is 16.6 Å². The average Bonchev–Trinajstić information content (AvgIpc) is 2.69. The largest absolute Gasteiger partial charge is 0.490 e. The zero-order valence-corrected chi connectivity index (χ0v) is 12.3. The molecular formula is C13H17BrN2O3. The van der Waals surface area contributed by atoms with Gasteiger partial charge in [-0.3, -0.25) is 4.79 Å². The van der Waals surface area contributed by atoms with Crippen molar-refractivity contribution in [3.63, 3.8) is 0 Å². The van der Waals surface area contributed by atoms with Crippen LogP contribution in [0.4, 0.5) is 5.69 Å². The number of nitrogens with one attached hydrogen (secondary N) is 2. The van der Waals surface area contributed by atoms with Gasteiger partial charge in [0.15, 0.2) is 0 Å². The topological polar surface area (TPSA) is 70.6 Å². The fraction of sp³-hybridized carbons (Fsp3) is 0.462. The lowest BCUT2D eigenvalue weighted by molar-refractivity contribution is -0.117. The molecule has 3 N–H and O–H groups in total. The van der Waals surface area contributed by atoms with Crippen LogP contribution >= 0.6 is 15.9 Å². The number of amides is 1. The Balaban J connectivity index is 2.23. The maximum Gasteiger partial charge on any atom is 0.246 e. The van der Waals surface area contributed by atoms with Crippen molar-refractivity contribution in [2.24, 2.45) is 0 Å². The van der Waals surface area contributed by atoms with Crippen molar-refractivity contribution in [2.45, 2.75) is 19.4 Å². The number of rotatable bonds is 6. The number of hydrogen-bond acceptors (Lipinski definition) is 4. The first kappa shape index (κ1) is 14.3. The van der Waals surface area contributed by atoms with Crippen molar-refractivity contribution in [1.82, 2.24) is 5.32 Å². The maximum absolute atomic E-state index is 11.9. The Bertz CT molecular complexity index is 479. The summed E-state index contributed by atoms with van der Waals surface area (Å²) in [5, 5.41) is 14.8. The molecule has 1 amide bonds. The summed E-state index contributed by atoms with van der Waals surface area (Å²) in [6, 6.07) is 3.35. The summed E-state index contributed by atoms with van der Waals surface area (Å²) in [7, 11) is 0. The monoisotopic (exact) mass is 328 g/mol. The number of anilines is 1. The van der Waals surface area contributed by atoms with Gasteiger partial charge in [-0.15, -0.1) is 0 Å². The van der Waals surface area contributed by atoms with Crippen LogP contribution in [0.25, 0.3) is 0 Å². The van der Waals surface area contributed by atoms with Crippen LogP contribution in [0.3, 0.4) is 0 Å². The highest BCUT2D eigenvalue weighted by Gasteiger charge is 2.31. The lowest BCUT2D eigenvalue weighted by Crippen LogP contribution is -2.28. The number of fused-ring (bicyclic) bond motifs is 1. The quantitative estimate of drug-likeness (QED) is 0.744. The summed E-state index contributed by atoms with van der Waals surface area (Å²) in [5.41, 5.74) is 1.68. The third-order valence-corrected chi connectivity index (χ3v) is 3.50. The highest BCUT2D eigenvalue weighted by atomic mass is 79.9. The molecule has 1 atom stereocenters.